The van der Waals surface area contributed by atoms with Crippen LogP contribution in [0.3, 0.4) is 0 Å². The van der Waals surface area contributed by atoms with E-state index in [0.717, 1.165) is 24.0 Å². The molecule has 0 aliphatic carbocycles. The third kappa shape index (κ3) is 2.48. The van der Waals surface area contributed by atoms with Crippen LogP contribution in [0.25, 0.3) is 21.9 Å². The van der Waals surface area contributed by atoms with Crippen LogP contribution in [0.5, 0.6) is 0 Å². The van der Waals surface area contributed by atoms with E-state index in [1.807, 2.05) is 0 Å². The third-order valence-electron chi connectivity index (χ3n) is 4.37. The van der Waals surface area contributed by atoms with Gasteiger partial charge in [-0.25, -0.2) is 0 Å². The fourth-order valence-corrected chi connectivity index (χ4v) is 3.88. The van der Waals surface area contributed by atoms with Crippen molar-refractivity contribution < 1.29 is 4.42 Å². The van der Waals surface area contributed by atoms with Gasteiger partial charge in [-0.3, -0.25) is 0 Å². The van der Waals surface area contributed by atoms with Crippen LogP contribution in [0.15, 0.2) is 28.7 Å². The van der Waals surface area contributed by atoms with Crippen molar-refractivity contribution in [3.8, 4) is 0 Å². The number of hydrogen-bond acceptors (Lipinski definition) is 1. The Labute approximate surface area is 139 Å². The fourth-order valence-electron chi connectivity index (χ4n) is 3.03. The summed E-state index contributed by atoms with van der Waals surface area (Å²) in [4.78, 5) is 0. The Balaban J connectivity index is 2.25. The maximum atomic E-state index is 6.27. The van der Waals surface area contributed by atoms with Crippen LogP contribution in [0.1, 0.15) is 43.4 Å². The molecular formula is C19H21IO. The Kier molecular flexibility index (Phi) is 4.25. The van der Waals surface area contributed by atoms with Gasteiger partial charge in [0.1, 0.15) is 11.2 Å². The maximum Gasteiger partial charge on any atom is 0.149 e. The second kappa shape index (κ2) is 5.99. The predicted molar refractivity (Wildman–Crippen MR) is 99.2 cm³/mol. The van der Waals surface area contributed by atoms with Crippen LogP contribution >= 0.6 is 22.6 Å². The summed E-state index contributed by atoms with van der Waals surface area (Å²) in [6.45, 7) is 6.61. The van der Waals surface area contributed by atoms with Crippen molar-refractivity contribution in [2.24, 2.45) is 0 Å². The van der Waals surface area contributed by atoms with Crippen molar-refractivity contribution in [1.82, 2.24) is 0 Å². The van der Waals surface area contributed by atoms with Crippen LogP contribution in [-0.4, -0.2) is 0 Å². The zero-order chi connectivity index (χ0) is 15.0. The number of rotatable bonds is 4. The number of benzene rings is 2. The quantitative estimate of drug-likeness (QED) is 0.468. The molecule has 0 amide bonds. The van der Waals surface area contributed by atoms with Crippen molar-refractivity contribution in [1.29, 1.82) is 0 Å². The van der Waals surface area contributed by atoms with Gasteiger partial charge in [0.15, 0.2) is 0 Å². The summed E-state index contributed by atoms with van der Waals surface area (Å²) in [6.07, 6.45) is 4.66. The molecule has 0 aliphatic rings. The first kappa shape index (κ1) is 14.9. The zero-order valence-electron chi connectivity index (χ0n) is 12.9. The molecule has 0 aliphatic heterocycles. The van der Waals surface area contributed by atoms with E-state index < -0.39 is 0 Å². The summed E-state index contributed by atoms with van der Waals surface area (Å²) in [6, 6.07) is 8.97. The Morgan fingerprint density at radius 3 is 2.29 bits per heavy atom. The monoisotopic (exact) mass is 392 g/mol. The lowest BCUT2D eigenvalue weighted by Gasteiger charge is -2.03. The Morgan fingerprint density at radius 2 is 1.62 bits per heavy atom. The van der Waals surface area contributed by atoms with Crippen LogP contribution in [0.2, 0.25) is 0 Å². The van der Waals surface area contributed by atoms with E-state index >= 15 is 0 Å². The predicted octanol–water partition coefficient (Wildman–Crippen LogP) is 6.40. The first-order valence-corrected chi connectivity index (χ1v) is 8.87. The molecule has 110 valence electrons. The molecule has 2 aromatic carbocycles. The normalized spacial score (nSPS) is 11.6. The zero-order valence-corrected chi connectivity index (χ0v) is 15.1. The minimum atomic E-state index is 1.05. The molecule has 0 atom stereocenters. The topological polar surface area (TPSA) is 13.1 Å². The second-order valence-corrected chi connectivity index (χ2v) is 6.78. The number of hydrogen-bond donors (Lipinski definition) is 0. The van der Waals surface area contributed by atoms with Gasteiger partial charge in [0, 0.05) is 10.8 Å². The molecule has 2 heteroatoms. The van der Waals surface area contributed by atoms with Gasteiger partial charge < -0.3 is 4.42 Å². The van der Waals surface area contributed by atoms with Crippen molar-refractivity contribution in [3.05, 3.63) is 44.5 Å². The van der Waals surface area contributed by atoms with E-state index in [1.165, 1.54) is 43.9 Å². The molecule has 3 aromatic rings. The van der Waals surface area contributed by atoms with Crippen molar-refractivity contribution >= 4 is 44.5 Å². The Morgan fingerprint density at radius 1 is 0.952 bits per heavy atom. The summed E-state index contributed by atoms with van der Waals surface area (Å²) in [5.41, 5.74) is 6.21. The minimum Gasteiger partial charge on any atom is -0.455 e. The van der Waals surface area contributed by atoms with Crippen LogP contribution in [0, 0.1) is 10.5 Å². The van der Waals surface area contributed by atoms with Gasteiger partial charge in [-0.05, 0) is 65.5 Å². The molecule has 0 saturated heterocycles. The van der Waals surface area contributed by atoms with Crippen LogP contribution < -0.4 is 0 Å². The molecule has 0 spiro atoms. The highest BCUT2D eigenvalue weighted by Gasteiger charge is 2.15. The molecule has 0 radical (unpaired) electrons. The Hall–Kier alpha value is -1.03. The molecule has 21 heavy (non-hydrogen) atoms. The van der Waals surface area contributed by atoms with Gasteiger partial charge in [-0.15, -0.1) is 0 Å². The van der Waals surface area contributed by atoms with E-state index in [1.54, 1.807) is 0 Å². The van der Waals surface area contributed by atoms with Crippen molar-refractivity contribution in [2.75, 3.05) is 0 Å². The lowest BCUT2D eigenvalue weighted by Crippen LogP contribution is -1.89. The summed E-state index contributed by atoms with van der Waals surface area (Å²) in [5, 5.41) is 2.50. The highest BCUT2D eigenvalue weighted by atomic mass is 127. The number of unbranched alkanes of at least 4 members (excludes halogenated alkanes) is 1. The molecular weight excluding hydrogens is 371 g/mol. The third-order valence-corrected chi connectivity index (χ3v) is 5.55. The fraction of sp³-hybridized carbons (Fsp3) is 0.368. The summed E-state index contributed by atoms with van der Waals surface area (Å²) >= 11 is 2.45. The molecule has 0 N–H and O–H groups in total. The van der Waals surface area contributed by atoms with Gasteiger partial charge in [0.25, 0.3) is 0 Å². The van der Waals surface area contributed by atoms with Gasteiger partial charge >= 0.3 is 0 Å². The van der Waals surface area contributed by atoms with Crippen molar-refractivity contribution in [2.45, 2.75) is 46.5 Å². The standard InChI is InChI=1S/C19H21IO/c1-4-6-7-14-9-11-16-15-10-8-13(5-2)12(3)18(15)21-19(16)17(14)20/h8-11H,4-7H2,1-3H3. The summed E-state index contributed by atoms with van der Waals surface area (Å²) < 4.78 is 7.55. The number of fused-ring (bicyclic) bond motifs is 3. The van der Waals surface area contributed by atoms with Gasteiger partial charge in [0.2, 0.25) is 0 Å². The van der Waals surface area contributed by atoms with Gasteiger partial charge in [0.05, 0.1) is 3.57 Å². The minimum absolute atomic E-state index is 1.05. The van der Waals surface area contributed by atoms with Crippen molar-refractivity contribution in [3.63, 3.8) is 0 Å². The molecule has 0 saturated carbocycles. The van der Waals surface area contributed by atoms with Crippen LogP contribution in [0.4, 0.5) is 0 Å². The molecule has 1 heterocycles. The lowest BCUT2D eigenvalue weighted by molar-refractivity contribution is 0.660. The highest BCUT2D eigenvalue weighted by molar-refractivity contribution is 14.1. The summed E-state index contributed by atoms with van der Waals surface area (Å²) in [5.74, 6) is 0. The number of aryl methyl sites for hydroxylation is 3. The average molecular weight is 392 g/mol. The largest absolute Gasteiger partial charge is 0.455 e. The SMILES string of the molecule is CCCCc1ccc2c(oc3c(C)c(CC)ccc32)c1I. The molecule has 0 fully saturated rings. The smallest absolute Gasteiger partial charge is 0.149 e. The van der Waals surface area contributed by atoms with E-state index in [0.29, 0.717) is 0 Å². The van der Waals surface area contributed by atoms with E-state index in [4.69, 9.17) is 4.42 Å². The van der Waals surface area contributed by atoms with E-state index in [9.17, 15) is 0 Å². The average Bonchev–Trinajstić information content (AvgIpc) is 2.88. The molecule has 1 aromatic heterocycles. The molecule has 3 rings (SSSR count). The number of halogens is 1. The van der Waals surface area contributed by atoms with Crippen LogP contribution in [-0.2, 0) is 12.8 Å². The lowest BCUT2D eigenvalue weighted by atomic mass is 10.0. The number of furan rings is 1. The van der Waals surface area contributed by atoms with E-state index in [2.05, 4.69) is 67.6 Å². The highest BCUT2D eigenvalue weighted by Crippen LogP contribution is 2.36. The first-order chi connectivity index (χ1) is 10.2. The van der Waals surface area contributed by atoms with Gasteiger partial charge in [-0.1, -0.05) is 44.5 Å². The van der Waals surface area contributed by atoms with Gasteiger partial charge in [-0.2, -0.15) is 0 Å². The molecule has 0 bridgehead atoms. The Bertz CT molecular complexity index is 798. The molecule has 1 nitrogen and oxygen atoms in total. The summed E-state index contributed by atoms with van der Waals surface area (Å²) in [7, 11) is 0. The first-order valence-electron chi connectivity index (χ1n) is 7.79. The second-order valence-electron chi connectivity index (χ2n) is 5.70. The van der Waals surface area contributed by atoms with E-state index in [-0.39, 0.29) is 0 Å². The maximum absolute atomic E-state index is 6.27. The molecule has 0 unspecified atom stereocenters.